The van der Waals surface area contributed by atoms with E-state index in [1.807, 2.05) is 0 Å². The highest BCUT2D eigenvalue weighted by Crippen LogP contribution is 2.47. The second-order valence-corrected chi connectivity index (χ2v) is 9.09. The van der Waals surface area contributed by atoms with Gasteiger partial charge in [0.15, 0.2) is 9.84 Å². The van der Waals surface area contributed by atoms with E-state index < -0.39 is 26.1 Å². The lowest BCUT2D eigenvalue weighted by molar-refractivity contribution is 0.386. The molecule has 1 spiro atoms. The van der Waals surface area contributed by atoms with Gasteiger partial charge in [-0.2, -0.15) is 4.39 Å². The maximum atomic E-state index is 14.0. The van der Waals surface area contributed by atoms with Crippen molar-refractivity contribution in [1.29, 1.82) is 0 Å². The third-order valence-corrected chi connectivity index (χ3v) is 7.63. The second-order valence-electron chi connectivity index (χ2n) is 5.87. The van der Waals surface area contributed by atoms with Gasteiger partial charge < -0.3 is 5.73 Å². The molecule has 1 fully saturated rings. The fraction of sp³-hybridized carbons (Fsp3) is 0.538. The van der Waals surface area contributed by atoms with Gasteiger partial charge in [-0.1, -0.05) is 0 Å². The summed E-state index contributed by atoms with van der Waals surface area (Å²) in [4.78, 5) is 8.00. The van der Waals surface area contributed by atoms with E-state index in [4.69, 9.17) is 5.73 Å². The van der Waals surface area contributed by atoms with Crippen LogP contribution in [0.1, 0.15) is 31.7 Å². The van der Waals surface area contributed by atoms with Crippen LogP contribution in [0.3, 0.4) is 0 Å². The van der Waals surface area contributed by atoms with Gasteiger partial charge in [-0.25, -0.2) is 13.4 Å². The highest BCUT2D eigenvalue weighted by molar-refractivity contribution is 9.10. The first kappa shape index (κ1) is 14.9. The van der Waals surface area contributed by atoms with Gasteiger partial charge in [-0.15, -0.1) is 0 Å². The third-order valence-electron chi connectivity index (χ3n) is 4.45. The number of sulfone groups is 1. The van der Waals surface area contributed by atoms with Crippen molar-refractivity contribution in [2.45, 2.75) is 36.5 Å². The maximum absolute atomic E-state index is 14.0. The van der Waals surface area contributed by atoms with Gasteiger partial charge >= 0.3 is 0 Å². The molecule has 3 rings (SSSR count). The summed E-state index contributed by atoms with van der Waals surface area (Å²) >= 11 is 3.22. The Morgan fingerprint density at radius 3 is 2.62 bits per heavy atom. The molecular formula is C13H15BrFN3O2S. The van der Waals surface area contributed by atoms with Crippen molar-refractivity contribution in [3.8, 4) is 0 Å². The van der Waals surface area contributed by atoms with Gasteiger partial charge in [-0.05, 0) is 48.2 Å². The lowest BCUT2D eigenvalue weighted by Gasteiger charge is -2.46. The first-order valence-corrected chi connectivity index (χ1v) is 9.04. The number of halogens is 2. The van der Waals surface area contributed by atoms with Crippen LogP contribution in [-0.2, 0) is 15.4 Å². The fourth-order valence-corrected chi connectivity index (χ4v) is 5.91. The summed E-state index contributed by atoms with van der Waals surface area (Å²) < 4.78 is 38.9. The molecule has 1 atom stereocenters. The van der Waals surface area contributed by atoms with Gasteiger partial charge in [0.25, 0.3) is 0 Å². The number of aliphatic imine (C=N–C) groups is 1. The van der Waals surface area contributed by atoms with Crippen LogP contribution >= 0.6 is 15.9 Å². The van der Waals surface area contributed by atoms with Crippen LogP contribution < -0.4 is 5.73 Å². The van der Waals surface area contributed by atoms with Crippen LogP contribution in [0, 0.1) is 5.95 Å². The molecule has 1 aliphatic heterocycles. The van der Waals surface area contributed by atoms with Gasteiger partial charge in [0.05, 0.1) is 5.75 Å². The lowest BCUT2D eigenvalue weighted by Crippen LogP contribution is -2.61. The quantitative estimate of drug-likeness (QED) is 0.759. The molecule has 0 amide bonds. The Kier molecular flexibility index (Phi) is 3.18. The first-order valence-electron chi connectivity index (χ1n) is 6.60. The molecule has 2 N–H and O–H groups in total. The van der Waals surface area contributed by atoms with Crippen LogP contribution in [0.2, 0.25) is 0 Å². The average Bonchev–Trinajstić information content (AvgIpc) is 2.27. The van der Waals surface area contributed by atoms with Gasteiger partial charge in [0.1, 0.15) is 16.1 Å². The van der Waals surface area contributed by atoms with E-state index in [2.05, 4.69) is 25.9 Å². The summed E-state index contributed by atoms with van der Waals surface area (Å²) in [5, 5.41) is 0. The zero-order valence-corrected chi connectivity index (χ0v) is 13.8. The van der Waals surface area contributed by atoms with E-state index in [9.17, 15) is 12.8 Å². The first-order chi connectivity index (χ1) is 9.70. The molecule has 1 aromatic heterocycles. The monoisotopic (exact) mass is 375 g/mol. The van der Waals surface area contributed by atoms with Gasteiger partial charge in [0, 0.05) is 16.2 Å². The minimum absolute atomic E-state index is 0.0990. The smallest absolute Gasteiger partial charge is 0.218 e. The summed E-state index contributed by atoms with van der Waals surface area (Å²) in [7, 11) is -3.49. The van der Waals surface area contributed by atoms with Crippen molar-refractivity contribution in [1.82, 2.24) is 4.98 Å². The topological polar surface area (TPSA) is 85.4 Å². The Labute approximate surface area is 130 Å². The molecule has 0 radical (unpaired) electrons. The number of aromatic nitrogens is 1. The number of hydrogen-bond acceptors (Lipinski definition) is 5. The van der Waals surface area contributed by atoms with Crippen LogP contribution in [-0.4, -0.2) is 29.7 Å². The molecule has 2 aliphatic rings. The number of rotatable bonds is 1. The van der Waals surface area contributed by atoms with Crippen LogP contribution in [0.25, 0.3) is 0 Å². The molecule has 114 valence electrons. The predicted octanol–water partition coefficient (Wildman–Crippen LogP) is 1.91. The van der Waals surface area contributed by atoms with Crippen molar-refractivity contribution < 1.29 is 12.8 Å². The highest BCUT2D eigenvalue weighted by Gasteiger charge is 2.58. The molecule has 0 aromatic carbocycles. The molecule has 1 unspecified atom stereocenters. The molecule has 1 aromatic rings. The largest absolute Gasteiger partial charge is 0.386 e. The van der Waals surface area contributed by atoms with Crippen LogP contribution in [0.4, 0.5) is 4.39 Å². The summed E-state index contributed by atoms with van der Waals surface area (Å²) in [6.07, 6.45) is 3.14. The minimum atomic E-state index is -3.49. The molecule has 21 heavy (non-hydrogen) atoms. The Morgan fingerprint density at radius 2 is 2.10 bits per heavy atom. The molecule has 0 bridgehead atoms. The van der Waals surface area contributed by atoms with Crippen LogP contribution in [0.15, 0.2) is 21.7 Å². The normalized spacial score (nSPS) is 29.8. The Hall–Kier alpha value is -1.02. The van der Waals surface area contributed by atoms with Crippen LogP contribution in [0.5, 0.6) is 0 Å². The summed E-state index contributed by atoms with van der Waals surface area (Å²) in [5.41, 5.74) is 4.86. The second kappa shape index (κ2) is 4.49. The third kappa shape index (κ3) is 2.03. The molecule has 5 nitrogen and oxygen atoms in total. The number of nitrogens with two attached hydrogens (primary N) is 1. The van der Waals surface area contributed by atoms with E-state index in [0.29, 0.717) is 17.3 Å². The van der Waals surface area contributed by atoms with Crippen molar-refractivity contribution in [3.63, 3.8) is 0 Å². The number of hydrogen-bond donors (Lipinski definition) is 1. The molecule has 0 saturated heterocycles. The van der Waals surface area contributed by atoms with Gasteiger partial charge in [-0.3, -0.25) is 4.99 Å². The zero-order chi connectivity index (χ0) is 15.5. The zero-order valence-electron chi connectivity index (χ0n) is 11.4. The van der Waals surface area contributed by atoms with Crippen molar-refractivity contribution in [2.24, 2.45) is 10.7 Å². The summed E-state index contributed by atoms with van der Waals surface area (Å²) in [5.74, 6) is -0.880. The Bertz CT molecular complexity index is 746. The van der Waals surface area contributed by atoms with Crippen molar-refractivity contribution in [3.05, 3.63) is 28.2 Å². The lowest BCUT2D eigenvalue weighted by atomic mass is 9.82. The average molecular weight is 376 g/mol. The standard InChI is InChI=1S/C13H15BrFN3O2S/c1-12(9-5-8(14)6-17-10(9)15)7-21(19,20)13(3-2-4-13)11(16)18-12/h5-6H,2-4,7H2,1H3,(H2,16,18). The maximum Gasteiger partial charge on any atom is 0.218 e. The number of amidine groups is 1. The summed E-state index contributed by atoms with van der Waals surface area (Å²) in [6.45, 7) is 1.58. The number of nitrogens with zero attached hydrogens (tertiary/aromatic N) is 2. The Morgan fingerprint density at radius 1 is 1.43 bits per heavy atom. The molecule has 1 saturated carbocycles. The predicted molar refractivity (Wildman–Crippen MR) is 81.2 cm³/mol. The molecule has 2 heterocycles. The van der Waals surface area contributed by atoms with E-state index >= 15 is 0 Å². The van der Waals surface area contributed by atoms with Crippen molar-refractivity contribution in [2.75, 3.05) is 5.75 Å². The molecule has 8 heteroatoms. The van der Waals surface area contributed by atoms with E-state index in [1.54, 1.807) is 6.92 Å². The van der Waals surface area contributed by atoms with Crippen molar-refractivity contribution >= 4 is 31.6 Å². The van der Waals surface area contributed by atoms with E-state index in [1.165, 1.54) is 12.3 Å². The highest BCUT2D eigenvalue weighted by atomic mass is 79.9. The molecular weight excluding hydrogens is 361 g/mol. The van der Waals surface area contributed by atoms with E-state index in [0.717, 1.165) is 6.42 Å². The minimum Gasteiger partial charge on any atom is -0.386 e. The Balaban J connectivity index is 2.17. The van der Waals surface area contributed by atoms with E-state index in [-0.39, 0.29) is 17.2 Å². The fourth-order valence-electron chi connectivity index (χ4n) is 3.07. The SMILES string of the molecule is CC1(c2cc(Br)cnc2F)CS(=O)(=O)C2(CCC2)C(N)=N1. The number of pyridine rings is 1. The van der Waals surface area contributed by atoms with Gasteiger partial charge in [0.2, 0.25) is 5.95 Å². The molecule has 1 aliphatic carbocycles. The summed E-state index contributed by atoms with van der Waals surface area (Å²) in [6, 6.07) is 1.51.